The predicted octanol–water partition coefficient (Wildman–Crippen LogP) is 2.19. The van der Waals surface area contributed by atoms with Crippen molar-refractivity contribution in [2.75, 3.05) is 44.2 Å². The Bertz CT molecular complexity index is 861. The molecule has 1 aromatic heterocycles. The van der Waals surface area contributed by atoms with Gasteiger partial charge in [0.15, 0.2) is 0 Å². The van der Waals surface area contributed by atoms with Gasteiger partial charge in [-0.2, -0.15) is 0 Å². The number of benzene rings is 2. The van der Waals surface area contributed by atoms with Crippen LogP contribution in [0.25, 0.3) is 10.9 Å². The third-order valence-corrected chi connectivity index (χ3v) is 4.85. The van der Waals surface area contributed by atoms with Gasteiger partial charge in [-0.25, -0.2) is 9.97 Å². The second-order valence-corrected chi connectivity index (χ2v) is 6.78. The number of rotatable bonds is 6. The zero-order valence-electron chi connectivity index (χ0n) is 15.2. The van der Waals surface area contributed by atoms with Gasteiger partial charge in [0.2, 0.25) is 0 Å². The molecule has 1 fully saturated rings. The van der Waals surface area contributed by atoms with Crippen LogP contribution in [0.3, 0.4) is 0 Å². The molecule has 0 bridgehead atoms. The lowest BCUT2D eigenvalue weighted by atomic mass is 10.2. The summed E-state index contributed by atoms with van der Waals surface area (Å²) in [7, 11) is 0. The maximum Gasteiger partial charge on any atom is 0.139 e. The van der Waals surface area contributed by atoms with E-state index in [1.807, 2.05) is 48.5 Å². The van der Waals surface area contributed by atoms with Crippen molar-refractivity contribution in [2.45, 2.75) is 6.10 Å². The molecule has 140 valence electrons. The highest BCUT2D eigenvalue weighted by atomic mass is 16.5. The van der Waals surface area contributed by atoms with Gasteiger partial charge >= 0.3 is 0 Å². The van der Waals surface area contributed by atoms with Crippen molar-refractivity contribution in [2.24, 2.45) is 0 Å². The molecule has 0 aliphatic carbocycles. The normalized spacial score (nSPS) is 16.4. The summed E-state index contributed by atoms with van der Waals surface area (Å²) in [4.78, 5) is 13.4. The molecule has 4 rings (SSSR count). The van der Waals surface area contributed by atoms with Gasteiger partial charge < -0.3 is 14.7 Å². The van der Waals surface area contributed by atoms with Gasteiger partial charge in [-0.3, -0.25) is 4.90 Å². The molecule has 6 heteroatoms. The highest BCUT2D eigenvalue weighted by Crippen LogP contribution is 2.23. The average Bonchev–Trinajstić information content (AvgIpc) is 2.73. The molecule has 0 radical (unpaired) electrons. The number of nitrogens with zero attached hydrogens (tertiary/aromatic N) is 4. The van der Waals surface area contributed by atoms with Crippen LogP contribution in [-0.2, 0) is 0 Å². The first-order valence-electron chi connectivity index (χ1n) is 9.32. The lowest BCUT2D eigenvalue weighted by molar-refractivity contribution is 0.0663. The topological polar surface area (TPSA) is 61.7 Å². The summed E-state index contributed by atoms with van der Waals surface area (Å²) in [6, 6.07) is 17.7. The van der Waals surface area contributed by atoms with Crippen molar-refractivity contribution < 1.29 is 9.84 Å². The molecular formula is C21H24N4O2. The van der Waals surface area contributed by atoms with E-state index in [0.29, 0.717) is 13.2 Å². The Hall–Kier alpha value is -2.70. The van der Waals surface area contributed by atoms with Gasteiger partial charge in [0, 0.05) is 38.1 Å². The van der Waals surface area contributed by atoms with Crippen LogP contribution in [0.5, 0.6) is 5.75 Å². The minimum atomic E-state index is -0.503. The molecule has 2 aromatic carbocycles. The van der Waals surface area contributed by atoms with Crippen LogP contribution < -0.4 is 9.64 Å². The minimum absolute atomic E-state index is 0.306. The molecule has 0 spiro atoms. The number of piperazine rings is 1. The van der Waals surface area contributed by atoms with E-state index in [2.05, 4.69) is 25.8 Å². The Morgan fingerprint density at radius 1 is 0.926 bits per heavy atom. The molecule has 1 unspecified atom stereocenters. The van der Waals surface area contributed by atoms with E-state index in [9.17, 15) is 5.11 Å². The van der Waals surface area contributed by atoms with Crippen LogP contribution >= 0.6 is 0 Å². The number of fused-ring (bicyclic) bond motifs is 1. The van der Waals surface area contributed by atoms with Crippen molar-refractivity contribution in [3.8, 4) is 5.75 Å². The first kappa shape index (κ1) is 17.7. The zero-order valence-corrected chi connectivity index (χ0v) is 15.2. The Labute approximate surface area is 159 Å². The van der Waals surface area contributed by atoms with Crippen molar-refractivity contribution in [3.63, 3.8) is 0 Å². The standard InChI is InChI=1S/C21H24N4O2/c26-17(15-27-18-6-2-1-3-7-18)14-24-10-12-25(13-11-24)21-19-8-4-5-9-20(19)22-16-23-21/h1-9,16-17,26H,10-15H2. The largest absolute Gasteiger partial charge is 0.491 e. The quantitative estimate of drug-likeness (QED) is 0.724. The maximum atomic E-state index is 10.3. The summed E-state index contributed by atoms with van der Waals surface area (Å²) < 4.78 is 5.64. The first-order chi connectivity index (χ1) is 13.3. The number of para-hydroxylation sites is 2. The number of hydrogen-bond acceptors (Lipinski definition) is 6. The van der Waals surface area contributed by atoms with Gasteiger partial charge in [0.25, 0.3) is 0 Å². The third kappa shape index (κ3) is 4.35. The fourth-order valence-corrected chi connectivity index (χ4v) is 3.44. The van der Waals surface area contributed by atoms with E-state index in [4.69, 9.17) is 4.74 Å². The molecule has 0 saturated carbocycles. The van der Waals surface area contributed by atoms with Crippen LogP contribution in [0.4, 0.5) is 5.82 Å². The molecule has 1 aliphatic rings. The SMILES string of the molecule is OC(COc1ccccc1)CN1CCN(c2ncnc3ccccc23)CC1. The first-order valence-corrected chi connectivity index (χ1v) is 9.32. The summed E-state index contributed by atoms with van der Waals surface area (Å²) in [5.41, 5.74) is 0.971. The van der Waals surface area contributed by atoms with Crippen LogP contribution in [0.1, 0.15) is 0 Å². The van der Waals surface area contributed by atoms with E-state index < -0.39 is 6.10 Å². The minimum Gasteiger partial charge on any atom is -0.491 e. The molecule has 2 heterocycles. The fraction of sp³-hybridized carbons (Fsp3) is 0.333. The van der Waals surface area contributed by atoms with E-state index in [1.54, 1.807) is 6.33 Å². The molecule has 1 aliphatic heterocycles. The van der Waals surface area contributed by atoms with Crippen LogP contribution in [-0.4, -0.2) is 65.4 Å². The number of aliphatic hydroxyl groups is 1. The molecule has 3 aromatic rings. The molecule has 1 saturated heterocycles. The average molecular weight is 364 g/mol. The molecule has 6 nitrogen and oxygen atoms in total. The van der Waals surface area contributed by atoms with E-state index >= 15 is 0 Å². The highest BCUT2D eigenvalue weighted by Gasteiger charge is 2.21. The number of aromatic nitrogens is 2. The molecule has 1 N–H and O–H groups in total. The van der Waals surface area contributed by atoms with Crippen molar-refractivity contribution in [1.82, 2.24) is 14.9 Å². The smallest absolute Gasteiger partial charge is 0.139 e. The Kier molecular flexibility index (Phi) is 5.46. The second-order valence-electron chi connectivity index (χ2n) is 6.78. The van der Waals surface area contributed by atoms with Gasteiger partial charge in [0.05, 0.1) is 5.52 Å². The van der Waals surface area contributed by atoms with Crippen molar-refractivity contribution in [1.29, 1.82) is 0 Å². The number of anilines is 1. The number of aliphatic hydroxyl groups excluding tert-OH is 1. The lowest BCUT2D eigenvalue weighted by Crippen LogP contribution is -2.49. The fourth-order valence-electron chi connectivity index (χ4n) is 3.44. The van der Waals surface area contributed by atoms with Crippen LogP contribution in [0, 0.1) is 0 Å². The monoisotopic (exact) mass is 364 g/mol. The maximum absolute atomic E-state index is 10.3. The number of β-amino-alcohol motifs (C(OH)–C–C–N with tert-alkyl or cyclic N) is 1. The van der Waals surface area contributed by atoms with Crippen molar-refractivity contribution in [3.05, 3.63) is 60.9 Å². The lowest BCUT2D eigenvalue weighted by Gasteiger charge is -2.36. The molecule has 1 atom stereocenters. The second kappa shape index (κ2) is 8.33. The summed E-state index contributed by atoms with van der Waals surface area (Å²) in [5.74, 6) is 1.78. The molecule has 27 heavy (non-hydrogen) atoms. The van der Waals surface area contributed by atoms with Gasteiger partial charge in [0.1, 0.15) is 30.6 Å². The number of ether oxygens (including phenoxy) is 1. The molecular weight excluding hydrogens is 340 g/mol. The van der Waals surface area contributed by atoms with Crippen LogP contribution in [0.15, 0.2) is 60.9 Å². The number of hydrogen-bond donors (Lipinski definition) is 1. The van der Waals surface area contributed by atoms with Crippen LogP contribution in [0.2, 0.25) is 0 Å². The van der Waals surface area contributed by atoms with Gasteiger partial charge in [-0.1, -0.05) is 30.3 Å². The van der Waals surface area contributed by atoms with E-state index in [1.165, 1.54) is 0 Å². The third-order valence-electron chi connectivity index (χ3n) is 4.85. The predicted molar refractivity (Wildman–Crippen MR) is 106 cm³/mol. The molecule has 0 amide bonds. The summed E-state index contributed by atoms with van der Waals surface area (Å²) in [6.07, 6.45) is 1.13. The summed E-state index contributed by atoms with van der Waals surface area (Å²) in [6.45, 7) is 4.47. The summed E-state index contributed by atoms with van der Waals surface area (Å²) >= 11 is 0. The van der Waals surface area contributed by atoms with Crippen molar-refractivity contribution >= 4 is 16.7 Å². The van der Waals surface area contributed by atoms with Gasteiger partial charge in [-0.05, 0) is 24.3 Å². The van der Waals surface area contributed by atoms with E-state index in [-0.39, 0.29) is 0 Å². The van der Waals surface area contributed by atoms with E-state index in [0.717, 1.165) is 48.6 Å². The summed E-state index contributed by atoms with van der Waals surface area (Å²) in [5, 5.41) is 11.4. The van der Waals surface area contributed by atoms with Gasteiger partial charge in [-0.15, -0.1) is 0 Å². The zero-order chi connectivity index (χ0) is 18.5. The Balaban J connectivity index is 1.30. The highest BCUT2D eigenvalue weighted by molar-refractivity contribution is 5.89. The Morgan fingerprint density at radius 3 is 2.48 bits per heavy atom. The Morgan fingerprint density at radius 2 is 1.67 bits per heavy atom.